The van der Waals surface area contributed by atoms with E-state index >= 15 is 0 Å². The second kappa shape index (κ2) is 5.68. The summed E-state index contributed by atoms with van der Waals surface area (Å²) in [6.07, 6.45) is 4.11. The Balaban J connectivity index is 1.89. The van der Waals surface area contributed by atoms with Gasteiger partial charge in [-0.25, -0.2) is 0 Å². The number of alkyl halides is 1. The van der Waals surface area contributed by atoms with Crippen molar-refractivity contribution in [1.29, 1.82) is 0 Å². The zero-order chi connectivity index (χ0) is 14.3. The van der Waals surface area contributed by atoms with Crippen molar-refractivity contribution in [1.82, 2.24) is 14.7 Å². The Bertz CT molecular complexity index is 484. The Morgan fingerprint density at radius 2 is 2.10 bits per heavy atom. The fourth-order valence-electron chi connectivity index (χ4n) is 3.85. The second-order valence-corrected chi connectivity index (χ2v) is 6.85. The quantitative estimate of drug-likeness (QED) is 0.773. The first-order chi connectivity index (χ1) is 9.61. The van der Waals surface area contributed by atoms with Gasteiger partial charge in [0, 0.05) is 43.1 Å². The maximum Gasteiger partial charge on any atom is 0.131 e. The maximum atomic E-state index is 4.63. The molecule has 2 saturated heterocycles. The number of rotatable bonds is 2. The molecule has 0 aliphatic carbocycles. The molecule has 0 saturated carbocycles. The predicted octanol–water partition coefficient (Wildman–Crippen LogP) is 2.69. The number of piperidine rings is 1. The number of piperazine rings is 1. The van der Waals surface area contributed by atoms with E-state index in [0.29, 0.717) is 6.04 Å². The van der Waals surface area contributed by atoms with E-state index in [1.165, 1.54) is 43.7 Å². The number of halogens is 1. The van der Waals surface area contributed by atoms with E-state index in [0.717, 1.165) is 23.6 Å². The van der Waals surface area contributed by atoms with Crippen molar-refractivity contribution >= 4 is 21.7 Å². The summed E-state index contributed by atoms with van der Waals surface area (Å²) in [6, 6.07) is 1.30. The first-order valence-electron chi connectivity index (χ1n) is 7.71. The van der Waals surface area contributed by atoms with Crippen LogP contribution in [0.15, 0.2) is 0 Å². The third-order valence-electron chi connectivity index (χ3n) is 4.91. The minimum Gasteiger partial charge on any atom is -0.351 e. The smallest absolute Gasteiger partial charge is 0.131 e. The van der Waals surface area contributed by atoms with Crippen molar-refractivity contribution in [3.8, 4) is 0 Å². The molecule has 112 valence electrons. The van der Waals surface area contributed by atoms with Crippen LogP contribution in [0.4, 0.5) is 5.82 Å². The molecule has 5 heteroatoms. The molecule has 0 radical (unpaired) electrons. The molecule has 20 heavy (non-hydrogen) atoms. The Hall–Kier alpha value is -0.550. The number of fused-ring (bicyclic) bond motifs is 1. The SMILES string of the molecule is Cc1nn(C)c(N2CC3CCCCN3CC2C)c1CBr. The average Bonchev–Trinajstić information content (AvgIpc) is 2.72. The summed E-state index contributed by atoms with van der Waals surface area (Å²) in [7, 11) is 2.08. The topological polar surface area (TPSA) is 24.3 Å². The molecule has 2 fully saturated rings. The molecule has 4 nitrogen and oxygen atoms in total. The van der Waals surface area contributed by atoms with Crippen LogP contribution in [0.3, 0.4) is 0 Å². The molecular weight excluding hydrogens is 316 g/mol. The summed E-state index contributed by atoms with van der Waals surface area (Å²) in [4.78, 5) is 5.28. The molecule has 0 amide bonds. The van der Waals surface area contributed by atoms with Crippen molar-refractivity contribution < 1.29 is 0 Å². The number of hydrogen-bond acceptors (Lipinski definition) is 3. The zero-order valence-electron chi connectivity index (χ0n) is 12.8. The van der Waals surface area contributed by atoms with Crippen molar-refractivity contribution in [3.05, 3.63) is 11.3 Å². The minimum atomic E-state index is 0.567. The monoisotopic (exact) mass is 340 g/mol. The normalized spacial score (nSPS) is 27.7. The lowest BCUT2D eigenvalue weighted by Gasteiger charge is -2.48. The van der Waals surface area contributed by atoms with Gasteiger partial charge >= 0.3 is 0 Å². The third kappa shape index (κ3) is 2.39. The van der Waals surface area contributed by atoms with Crippen LogP contribution >= 0.6 is 15.9 Å². The van der Waals surface area contributed by atoms with E-state index in [9.17, 15) is 0 Å². The molecule has 2 aliphatic heterocycles. The molecule has 0 N–H and O–H groups in total. The van der Waals surface area contributed by atoms with Gasteiger partial charge in [-0.1, -0.05) is 22.4 Å². The standard InChI is InChI=1S/C15H25BrN4/c1-11-9-19-7-5-4-6-13(19)10-20(11)15-14(8-16)12(2)17-18(15)3/h11,13H,4-10H2,1-3H3. The lowest BCUT2D eigenvalue weighted by molar-refractivity contribution is 0.115. The number of nitrogens with zero attached hydrogens (tertiary/aromatic N) is 4. The van der Waals surface area contributed by atoms with Crippen LogP contribution in [0.2, 0.25) is 0 Å². The van der Waals surface area contributed by atoms with Crippen LogP contribution in [0.5, 0.6) is 0 Å². The molecule has 3 rings (SSSR count). The summed E-state index contributed by atoms with van der Waals surface area (Å²) >= 11 is 3.64. The number of aryl methyl sites for hydroxylation is 2. The van der Waals surface area contributed by atoms with E-state index in [2.05, 4.69) is 56.4 Å². The Kier molecular flexibility index (Phi) is 4.09. The third-order valence-corrected chi connectivity index (χ3v) is 5.47. The number of anilines is 1. The van der Waals surface area contributed by atoms with Crippen LogP contribution in [0.1, 0.15) is 37.4 Å². The van der Waals surface area contributed by atoms with E-state index in [1.54, 1.807) is 0 Å². The van der Waals surface area contributed by atoms with Crippen LogP contribution in [0.25, 0.3) is 0 Å². The van der Waals surface area contributed by atoms with Gasteiger partial charge < -0.3 is 4.90 Å². The molecule has 1 aromatic rings. The first kappa shape index (κ1) is 14.4. The Morgan fingerprint density at radius 1 is 1.30 bits per heavy atom. The van der Waals surface area contributed by atoms with Gasteiger partial charge in [0.25, 0.3) is 0 Å². The summed E-state index contributed by atoms with van der Waals surface area (Å²) in [6.45, 7) is 8.10. The Morgan fingerprint density at radius 3 is 2.85 bits per heavy atom. The summed E-state index contributed by atoms with van der Waals surface area (Å²) in [5, 5.41) is 5.52. The summed E-state index contributed by atoms with van der Waals surface area (Å²) in [5.74, 6) is 1.32. The molecule has 2 unspecified atom stereocenters. The molecule has 1 aromatic heterocycles. The summed E-state index contributed by atoms with van der Waals surface area (Å²) < 4.78 is 2.07. The lowest BCUT2D eigenvalue weighted by atomic mass is 9.97. The van der Waals surface area contributed by atoms with Gasteiger partial charge in [0.05, 0.1) is 5.69 Å². The number of aromatic nitrogens is 2. The summed E-state index contributed by atoms with van der Waals surface area (Å²) in [5.41, 5.74) is 2.50. The van der Waals surface area contributed by atoms with Gasteiger partial charge in [-0.05, 0) is 33.2 Å². The maximum absolute atomic E-state index is 4.63. The lowest BCUT2D eigenvalue weighted by Crippen LogP contribution is -2.59. The highest BCUT2D eigenvalue weighted by Gasteiger charge is 2.35. The Labute approximate surface area is 130 Å². The van der Waals surface area contributed by atoms with Crippen LogP contribution in [-0.2, 0) is 12.4 Å². The van der Waals surface area contributed by atoms with Crippen molar-refractivity contribution in [2.45, 2.75) is 50.5 Å². The van der Waals surface area contributed by atoms with Crippen LogP contribution in [0, 0.1) is 6.92 Å². The largest absolute Gasteiger partial charge is 0.351 e. The van der Waals surface area contributed by atoms with E-state index in [4.69, 9.17) is 0 Å². The van der Waals surface area contributed by atoms with Crippen molar-refractivity contribution in [2.24, 2.45) is 7.05 Å². The van der Waals surface area contributed by atoms with Crippen molar-refractivity contribution in [3.63, 3.8) is 0 Å². The van der Waals surface area contributed by atoms with Gasteiger partial charge in [-0.2, -0.15) is 5.10 Å². The van der Waals surface area contributed by atoms with E-state index < -0.39 is 0 Å². The molecular formula is C15H25BrN4. The van der Waals surface area contributed by atoms with E-state index in [1.807, 2.05) is 0 Å². The molecule has 0 aromatic carbocycles. The van der Waals surface area contributed by atoms with Gasteiger partial charge in [0.2, 0.25) is 0 Å². The van der Waals surface area contributed by atoms with E-state index in [-0.39, 0.29) is 0 Å². The highest BCUT2D eigenvalue weighted by Crippen LogP contribution is 2.32. The predicted molar refractivity (Wildman–Crippen MR) is 86.6 cm³/mol. The van der Waals surface area contributed by atoms with Gasteiger partial charge in [-0.3, -0.25) is 9.58 Å². The highest BCUT2D eigenvalue weighted by atomic mass is 79.9. The molecule has 0 bridgehead atoms. The fourth-order valence-corrected chi connectivity index (χ4v) is 4.51. The highest BCUT2D eigenvalue weighted by molar-refractivity contribution is 9.08. The zero-order valence-corrected chi connectivity index (χ0v) is 14.4. The van der Waals surface area contributed by atoms with Crippen LogP contribution < -0.4 is 4.90 Å². The minimum absolute atomic E-state index is 0.567. The molecule has 3 heterocycles. The first-order valence-corrected chi connectivity index (χ1v) is 8.83. The fraction of sp³-hybridized carbons (Fsp3) is 0.800. The molecule has 2 atom stereocenters. The van der Waals surface area contributed by atoms with Gasteiger partial charge in [0.15, 0.2) is 0 Å². The van der Waals surface area contributed by atoms with Gasteiger partial charge in [-0.15, -0.1) is 0 Å². The molecule has 2 aliphatic rings. The number of hydrogen-bond donors (Lipinski definition) is 0. The van der Waals surface area contributed by atoms with Crippen LogP contribution in [-0.4, -0.2) is 46.4 Å². The average molecular weight is 341 g/mol. The molecule has 0 spiro atoms. The second-order valence-electron chi connectivity index (χ2n) is 6.29. The van der Waals surface area contributed by atoms with Crippen molar-refractivity contribution in [2.75, 3.05) is 24.5 Å². The van der Waals surface area contributed by atoms with Gasteiger partial charge in [0.1, 0.15) is 5.82 Å².